The van der Waals surface area contributed by atoms with Crippen LogP contribution >= 0.6 is 34.7 Å². The predicted molar refractivity (Wildman–Crippen MR) is 86.3 cm³/mol. The van der Waals surface area contributed by atoms with Crippen LogP contribution in [-0.4, -0.2) is 16.6 Å². The van der Waals surface area contributed by atoms with Gasteiger partial charge in [0.05, 0.1) is 23.0 Å². The van der Waals surface area contributed by atoms with Crippen molar-refractivity contribution >= 4 is 40.6 Å². The second kappa shape index (κ2) is 7.67. The maximum Gasteiger partial charge on any atom is 0.230 e. The molecule has 0 saturated heterocycles. The van der Waals surface area contributed by atoms with Crippen molar-refractivity contribution in [3.8, 4) is 0 Å². The molecule has 0 saturated carbocycles. The van der Waals surface area contributed by atoms with Gasteiger partial charge in [-0.25, -0.2) is 4.98 Å². The molecule has 0 aliphatic heterocycles. The van der Waals surface area contributed by atoms with Gasteiger partial charge in [0.1, 0.15) is 0 Å². The number of thiazole rings is 1. The topological polar surface area (TPSA) is 42.0 Å². The summed E-state index contributed by atoms with van der Waals surface area (Å²) in [6, 6.07) is 7.69. The Morgan fingerprint density at radius 1 is 1.45 bits per heavy atom. The summed E-state index contributed by atoms with van der Waals surface area (Å²) < 4.78 is 0. The Morgan fingerprint density at radius 3 is 2.95 bits per heavy atom. The molecule has 1 aromatic carbocycles. The van der Waals surface area contributed by atoms with Crippen LogP contribution in [-0.2, 0) is 17.1 Å². The maximum atomic E-state index is 11.7. The van der Waals surface area contributed by atoms with E-state index >= 15 is 0 Å². The average Bonchev–Trinajstić information content (AvgIpc) is 2.84. The molecule has 2 rings (SSSR count). The van der Waals surface area contributed by atoms with E-state index in [2.05, 4.69) is 10.3 Å². The van der Waals surface area contributed by atoms with E-state index < -0.39 is 0 Å². The molecule has 0 spiro atoms. The van der Waals surface area contributed by atoms with Crippen LogP contribution in [0.1, 0.15) is 16.3 Å². The number of nitrogens with zero attached hydrogens (tertiary/aromatic N) is 1. The van der Waals surface area contributed by atoms with E-state index in [-0.39, 0.29) is 5.91 Å². The lowest BCUT2D eigenvalue weighted by molar-refractivity contribution is -0.118. The van der Waals surface area contributed by atoms with Crippen molar-refractivity contribution in [1.82, 2.24) is 10.3 Å². The van der Waals surface area contributed by atoms with Crippen LogP contribution in [0.3, 0.4) is 0 Å². The monoisotopic (exact) mass is 326 g/mol. The van der Waals surface area contributed by atoms with Gasteiger partial charge in [0.2, 0.25) is 5.91 Å². The Bertz CT molecular complexity index is 586. The van der Waals surface area contributed by atoms with Crippen LogP contribution in [0.5, 0.6) is 0 Å². The van der Waals surface area contributed by atoms with Gasteiger partial charge in [0.15, 0.2) is 0 Å². The first-order chi connectivity index (χ1) is 9.65. The Balaban J connectivity index is 1.69. The number of thioether (sulfide) groups is 1. The number of carbonyl (C=O) groups excluding carboxylic acids is 1. The number of aromatic nitrogens is 1. The molecule has 106 valence electrons. The molecule has 0 atom stereocenters. The van der Waals surface area contributed by atoms with E-state index in [0.29, 0.717) is 12.3 Å². The lowest BCUT2D eigenvalue weighted by atomic mass is 10.2. The fourth-order valence-corrected chi connectivity index (χ4v) is 3.35. The van der Waals surface area contributed by atoms with Gasteiger partial charge in [-0.1, -0.05) is 29.8 Å². The van der Waals surface area contributed by atoms with Crippen molar-refractivity contribution in [3.63, 3.8) is 0 Å². The number of hydrogen-bond acceptors (Lipinski definition) is 4. The van der Waals surface area contributed by atoms with Crippen LogP contribution < -0.4 is 5.32 Å². The molecule has 0 aliphatic carbocycles. The first-order valence-corrected chi connectivity index (χ1v) is 8.55. The number of rotatable bonds is 6. The lowest BCUT2D eigenvalue weighted by Gasteiger charge is -2.05. The first-order valence-electron chi connectivity index (χ1n) is 6.14. The van der Waals surface area contributed by atoms with E-state index in [9.17, 15) is 4.79 Å². The summed E-state index contributed by atoms with van der Waals surface area (Å²) in [7, 11) is 0. The van der Waals surface area contributed by atoms with E-state index in [1.165, 1.54) is 0 Å². The van der Waals surface area contributed by atoms with Gasteiger partial charge in [0.25, 0.3) is 0 Å². The highest BCUT2D eigenvalue weighted by atomic mass is 35.5. The molecular formula is C14H15ClN2OS2. The number of nitrogens with one attached hydrogen (secondary N) is 1. The van der Waals surface area contributed by atoms with Crippen molar-refractivity contribution in [2.24, 2.45) is 0 Å². The number of halogens is 1. The zero-order valence-corrected chi connectivity index (χ0v) is 13.4. The van der Waals surface area contributed by atoms with Crippen LogP contribution in [0.2, 0.25) is 5.02 Å². The van der Waals surface area contributed by atoms with Crippen LogP contribution in [0, 0.1) is 6.92 Å². The largest absolute Gasteiger partial charge is 0.350 e. The summed E-state index contributed by atoms with van der Waals surface area (Å²) in [5.41, 5.74) is 1.97. The minimum Gasteiger partial charge on any atom is -0.350 e. The molecule has 20 heavy (non-hydrogen) atoms. The SMILES string of the molecule is Cc1nc(CNC(=O)CSCc2ccccc2Cl)cs1. The van der Waals surface area contributed by atoms with Gasteiger partial charge in [0, 0.05) is 16.2 Å². The van der Waals surface area contributed by atoms with Crippen LogP contribution in [0.25, 0.3) is 0 Å². The van der Waals surface area contributed by atoms with Crippen molar-refractivity contribution in [3.05, 3.63) is 50.9 Å². The Morgan fingerprint density at radius 2 is 2.25 bits per heavy atom. The third-order valence-electron chi connectivity index (χ3n) is 2.58. The summed E-state index contributed by atoms with van der Waals surface area (Å²) in [6.07, 6.45) is 0. The molecule has 0 fully saturated rings. The molecule has 1 N–H and O–H groups in total. The summed E-state index contributed by atoms with van der Waals surface area (Å²) in [6.45, 7) is 2.45. The van der Waals surface area contributed by atoms with Crippen LogP contribution in [0.15, 0.2) is 29.6 Å². The fraction of sp³-hybridized carbons (Fsp3) is 0.286. The number of hydrogen-bond donors (Lipinski definition) is 1. The minimum atomic E-state index is 0.0210. The average molecular weight is 327 g/mol. The van der Waals surface area contributed by atoms with Gasteiger partial charge >= 0.3 is 0 Å². The maximum absolute atomic E-state index is 11.7. The Kier molecular flexibility index (Phi) is 5.88. The van der Waals surface area contributed by atoms with Crippen LogP contribution in [0.4, 0.5) is 0 Å². The third kappa shape index (κ3) is 4.81. The molecule has 1 amide bonds. The molecule has 1 aromatic heterocycles. The number of benzene rings is 1. The molecule has 0 radical (unpaired) electrons. The van der Waals surface area contributed by atoms with Gasteiger partial charge in [-0.05, 0) is 18.6 Å². The van der Waals surface area contributed by atoms with Gasteiger partial charge < -0.3 is 5.32 Å². The number of aryl methyl sites for hydroxylation is 1. The highest BCUT2D eigenvalue weighted by Crippen LogP contribution is 2.20. The van der Waals surface area contributed by atoms with Gasteiger partial charge in [-0.15, -0.1) is 23.1 Å². The second-order valence-corrected chi connectivity index (χ2v) is 6.67. The van der Waals surface area contributed by atoms with Gasteiger partial charge in [-0.2, -0.15) is 0 Å². The number of carbonyl (C=O) groups is 1. The molecule has 2 aromatic rings. The number of amides is 1. The van der Waals surface area contributed by atoms with Crippen molar-refractivity contribution in [2.75, 3.05) is 5.75 Å². The zero-order valence-electron chi connectivity index (χ0n) is 11.1. The van der Waals surface area contributed by atoms with E-state index in [0.717, 1.165) is 27.0 Å². The highest BCUT2D eigenvalue weighted by molar-refractivity contribution is 7.99. The summed E-state index contributed by atoms with van der Waals surface area (Å²) in [5.74, 6) is 1.18. The Hall–Kier alpha value is -1.04. The standard InChI is InChI=1S/C14H15ClN2OS2/c1-10-17-12(8-20-10)6-16-14(18)9-19-7-11-4-2-3-5-13(11)15/h2-5,8H,6-7,9H2,1H3,(H,16,18). The highest BCUT2D eigenvalue weighted by Gasteiger charge is 2.05. The van der Waals surface area contributed by atoms with Crippen molar-refractivity contribution < 1.29 is 4.79 Å². The quantitative estimate of drug-likeness (QED) is 0.881. The lowest BCUT2D eigenvalue weighted by Crippen LogP contribution is -2.24. The van der Waals surface area contributed by atoms with E-state index in [1.807, 2.05) is 36.6 Å². The fourth-order valence-electron chi connectivity index (χ4n) is 1.60. The Labute approximate surface area is 131 Å². The zero-order chi connectivity index (χ0) is 14.4. The molecule has 3 nitrogen and oxygen atoms in total. The summed E-state index contributed by atoms with van der Waals surface area (Å²) >= 11 is 9.21. The van der Waals surface area contributed by atoms with Crippen molar-refractivity contribution in [1.29, 1.82) is 0 Å². The first kappa shape index (κ1) is 15.4. The van der Waals surface area contributed by atoms with E-state index in [4.69, 9.17) is 11.6 Å². The second-order valence-electron chi connectivity index (χ2n) is 4.22. The molecule has 6 heteroatoms. The van der Waals surface area contributed by atoms with Crippen molar-refractivity contribution in [2.45, 2.75) is 19.2 Å². The normalized spacial score (nSPS) is 10.5. The molecule has 0 bridgehead atoms. The van der Waals surface area contributed by atoms with Gasteiger partial charge in [-0.3, -0.25) is 4.79 Å². The van der Waals surface area contributed by atoms with E-state index in [1.54, 1.807) is 23.1 Å². The smallest absolute Gasteiger partial charge is 0.230 e. The third-order valence-corrected chi connectivity index (χ3v) is 4.75. The molecule has 0 unspecified atom stereocenters. The molecule has 0 aliphatic rings. The molecular weight excluding hydrogens is 312 g/mol. The minimum absolute atomic E-state index is 0.0210. The summed E-state index contributed by atoms with van der Waals surface area (Å²) in [5, 5.41) is 6.59. The molecule has 1 heterocycles. The summed E-state index contributed by atoms with van der Waals surface area (Å²) in [4.78, 5) is 16.0. The predicted octanol–water partition coefficient (Wildman–Crippen LogP) is 3.65.